The molecule has 1 atom stereocenters. The summed E-state index contributed by atoms with van der Waals surface area (Å²) in [6.07, 6.45) is -5.88. The second-order valence-corrected chi connectivity index (χ2v) is 2.74. The summed E-state index contributed by atoms with van der Waals surface area (Å²) in [4.78, 5) is 21.2. The Balaban J connectivity index is 4.11. The minimum absolute atomic E-state index is 0.0794. The third kappa shape index (κ3) is 6.58. The highest BCUT2D eigenvalue weighted by atomic mass is 19.4. The van der Waals surface area contributed by atoms with Gasteiger partial charge in [-0.25, -0.2) is 4.79 Å². The molecule has 0 aliphatic heterocycles. The smallest absolute Gasteiger partial charge is 0.405 e. The number of rotatable bonds is 4. The van der Waals surface area contributed by atoms with E-state index in [1.54, 1.807) is 10.6 Å². The van der Waals surface area contributed by atoms with Crippen LogP contribution in [0.5, 0.6) is 0 Å². The summed E-state index contributed by atoms with van der Waals surface area (Å²) >= 11 is 0. The van der Waals surface area contributed by atoms with Crippen LogP contribution in [0, 0.1) is 0 Å². The predicted octanol–water partition coefficient (Wildman–Crippen LogP) is 0.711. The van der Waals surface area contributed by atoms with E-state index < -0.39 is 30.8 Å². The van der Waals surface area contributed by atoms with E-state index in [9.17, 15) is 22.8 Å². The van der Waals surface area contributed by atoms with Crippen LogP contribution in [0.3, 0.4) is 0 Å². The quantitative estimate of drug-likeness (QED) is 0.663. The van der Waals surface area contributed by atoms with E-state index in [2.05, 4.69) is 0 Å². The highest BCUT2D eigenvalue weighted by Crippen LogP contribution is 2.12. The first-order valence-electron chi connectivity index (χ1n) is 4.10. The van der Waals surface area contributed by atoms with Gasteiger partial charge in [-0.3, -0.25) is 4.79 Å². The predicted molar refractivity (Wildman–Crippen MR) is 44.3 cm³/mol. The van der Waals surface area contributed by atoms with Gasteiger partial charge in [0.2, 0.25) is 5.91 Å². The fourth-order valence-corrected chi connectivity index (χ4v) is 0.813. The van der Waals surface area contributed by atoms with Crippen LogP contribution >= 0.6 is 0 Å². The van der Waals surface area contributed by atoms with Crippen molar-refractivity contribution in [3.8, 4) is 0 Å². The van der Waals surface area contributed by atoms with Crippen molar-refractivity contribution in [2.24, 2.45) is 0 Å². The molecule has 0 fully saturated rings. The first-order valence-corrected chi connectivity index (χ1v) is 4.10. The van der Waals surface area contributed by atoms with E-state index in [-0.39, 0.29) is 6.42 Å². The standard InChI is InChI=1S/C7H11F3N2O3/c1-2-4(12-6(14)15)5(13)11-3-7(8,9)10/h4,12H,2-3H2,1H3,(H,11,13)(H,14,15). The summed E-state index contributed by atoms with van der Waals surface area (Å²) in [6, 6.07) is -1.16. The van der Waals surface area contributed by atoms with Gasteiger partial charge in [0.1, 0.15) is 12.6 Å². The molecule has 0 aromatic heterocycles. The molecule has 15 heavy (non-hydrogen) atoms. The molecular formula is C7H11F3N2O3. The number of carboxylic acid groups (broad SMARTS) is 1. The topological polar surface area (TPSA) is 78.4 Å². The fourth-order valence-electron chi connectivity index (χ4n) is 0.813. The summed E-state index contributed by atoms with van der Waals surface area (Å²) in [5.41, 5.74) is 0. The Morgan fingerprint density at radius 2 is 1.93 bits per heavy atom. The summed E-state index contributed by atoms with van der Waals surface area (Å²) in [5.74, 6) is -0.989. The van der Waals surface area contributed by atoms with Crippen LogP contribution in [-0.2, 0) is 4.79 Å². The Morgan fingerprint density at radius 3 is 2.27 bits per heavy atom. The number of amides is 2. The molecule has 0 radical (unpaired) electrons. The molecule has 88 valence electrons. The van der Waals surface area contributed by atoms with Gasteiger partial charge >= 0.3 is 12.3 Å². The van der Waals surface area contributed by atoms with Crippen LogP contribution in [-0.4, -0.2) is 35.9 Å². The molecule has 0 aromatic rings. The minimum atomic E-state index is -4.50. The zero-order chi connectivity index (χ0) is 12.1. The number of halogens is 3. The number of hydrogen-bond acceptors (Lipinski definition) is 2. The first kappa shape index (κ1) is 13.5. The molecule has 0 aliphatic carbocycles. The molecule has 0 aliphatic rings. The lowest BCUT2D eigenvalue weighted by Gasteiger charge is -2.15. The number of hydrogen-bond donors (Lipinski definition) is 3. The van der Waals surface area contributed by atoms with Gasteiger partial charge in [-0.2, -0.15) is 13.2 Å². The molecule has 0 bridgehead atoms. The van der Waals surface area contributed by atoms with Crippen LogP contribution < -0.4 is 10.6 Å². The average molecular weight is 228 g/mol. The van der Waals surface area contributed by atoms with E-state index in [4.69, 9.17) is 5.11 Å². The monoisotopic (exact) mass is 228 g/mol. The van der Waals surface area contributed by atoms with Crippen LogP contribution in [0.1, 0.15) is 13.3 Å². The Labute approximate surface area is 83.6 Å². The molecule has 1 unspecified atom stereocenters. The van der Waals surface area contributed by atoms with Gasteiger partial charge in [0, 0.05) is 0 Å². The van der Waals surface area contributed by atoms with Gasteiger partial charge in [0.05, 0.1) is 0 Å². The second kappa shape index (κ2) is 5.42. The molecular weight excluding hydrogens is 217 g/mol. The van der Waals surface area contributed by atoms with Crippen molar-refractivity contribution in [3.05, 3.63) is 0 Å². The molecule has 0 heterocycles. The molecule has 8 heteroatoms. The highest BCUT2D eigenvalue weighted by molar-refractivity contribution is 5.85. The van der Waals surface area contributed by atoms with Crippen molar-refractivity contribution in [2.75, 3.05) is 6.54 Å². The zero-order valence-electron chi connectivity index (χ0n) is 7.89. The average Bonchev–Trinajstić information content (AvgIpc) is 2.08. The summed E-state index contributed by atoms with van der Waals surface area (Å²) < 4.78 is 35.1. The SMILES string of the molecule is CCC(NC(=O)O)C(=O)NCC(F)(F)F. The van der Waals surface area contributed by atoms with E-state index in [1.165, 1.54) is 6.92 Å². The van der Waals surface area contributed by atoms with E-state index >= 15 is 0 Å². The summed E-state index contributed by atoms with van der Waals surface area (Å²) in [6.45, 7) is 0.0113. The van der Waals surface area contributed by atoms with E-state index in [0.29, 0.717) is 0 Å². The maximum atomic E-state index is 11.7. The molecule has 3 N–H and O–H groups in total. The third-order valence-corrected chi connectivity index (χ3v) is 1.49. The van der Waals surface area contributed by atoms with Gasteiger partial charge in [0.25, 0.3) is 0 Å². The largest absolute Gasteiger partial charge is 0.465 e. The molecule has 0 rings (SSSR count). The Morgan fingerprint density at radius 1 is 1.40 bits per heavy atom. The van der Waals surface area contributed by atoms with Crippen molar-refractivity contribution in [2.45, 2.75) is 25.6 Å². The lowest BCUT2D eigenvalue weighted by atomic mass is 10.2. The maximum Gasteiger partial charge on any atom is 0.405 e. The number of nitrogens with one attached hydrogen (secondary N) is 2. The van der Waals surface area contributed by atoms with Gasteiger partial charge in [0.15, 0.2) is 0 Å². The van der Waals surface area contributed by atoms with Crippen molar-refractivity contribution < 1.29 is 27.9 Å². The highest BCUT2D eigenvalue weighted by Gasteiger charge is 2.29. The van der Waals surface area contributed by atoms with Gasteiger partial charge in [-0.05, 0) is 6.42 Å². The molecule has 0 spiro atoms. The normalized spacial score (nSPS) is 13.1. The number of carbonyl (C=O) groups is 2. The van der Waals surface area contributed by atoms with Crippen molar-refractivity contribution in [1.29, 1.82) is 0 Å². The van der Waals surface area contributed by atoms with Gasteiger partial charge < -0.3 is 15.7 Å². The van der Waals surface area contributed by atoms with E-state index in [0.717, 1.165) is 0 Å². The number of carbonyl (C=O) groups excluding carboxylic acids is 1. The van der Waals surface area contributed by atoms with E-state index in [1.807, 2.05) is 0 Å². The second-order valence-electron chi connectivity index (χ2n) is 2.74. The molecule has 5 nitrogen and oxygen atoms in total. The van der Waals surface area contributed by atoms with Crippen LogP contribution in [0.25, 0.3) is 0 Å². The third-order valence-electron chi connectivity index (χ3n) is 1.49. The Kier molecular flexibility index (Phi) is 4.89. The number of alkyl halides is 3. The molecule has 0 saturated heterocycles. The van der Waals surface area contributed by atoms with Gasteiger partial charge in [-0.15, -0.1) is 0 Å². The molecule has 2 amide bonds. The molecule has 0 saturated carbocycles. The van der Waals surface area contributed by atoms with Gasteiger partial charge in [-0.1, -0.05) is 6.92 Å². The summed E-state index contributed by atoms with van der Waals surface area (Å²) in [7, 11) is 0. The minimum Gasteiger partial charge on any atom is -0.465 e. The van der Waals surface area contributed by atoms with Crippen LogP contribution in [0.2, 0.25) is 0 Å². The zero-order valence-corrected chi connectivity index (χ0v) is 7.89. The van der Waals surface area contributed by atoms with Crippen molar-refractivity contribution >= 4 is 12.0 Å². The van der Waals surface area contributed by atoms with Crippen molar-refractivity contribution in [1.82, 2.24) is 10.6 Å². The van der Waals surface area contributed by atoms with Crippen LogP contribution in [0.4, 0.5) is 18.0 Å². The molecule has 0 aromatic carbocycles. The summed E-state index contributed by atoms with van der Waals surface area (Å²) in [5, 5.41) is 11.7. The Bertz CT molecular complexity index is 242. The first-order chi connectivity index (χ1) is 6.76. The van der Waals surface area contributed by atoms with Crippen LogP contribution in [0.15, 0.2) is 0 Å². The van der Waals surface area contributed by atoms with Crippen molar-refractivity contribution in [3.63, 3.8) is 0 Å². The fraction of sp³-hybridized carbons (Fsp3) is 0.714. The maximum absolute atomic E-state index is 11.7. The lowest BCUT2D eigenvalue weighted by molar-refractivity contribution is -0.139. The Hall–Kier alpha value is -1.47. The lowest BCUT2D eigenvalue weighted by Crippen LogP contribution is -2.48.